The first-order valence-corrected chi connectivity index (χ1v) is 9.27. The zero-order chi connectivity index (χ0) is 18.6. The van der Waals surface area contributed by atoms with Gasteiger partial charge in [0.15, 0.2) is 0 Å². The largest absolute Gasteiger partial charge is 0.374 e. The summed E-state index contributed by atoms with van der Waals surface area (Å²) in [5.74, 6) is 0.692. The van der Waals surface area contributed by atoms with Crippen molar-refractivity contribution in [3.8, 4) is 11.4 Å². The number of nitrogens with one attached hydrogen (secondary N) is 1. The molecule has 1 aliphatic rings. The maximum atomic E-state index is 13.1. The predicted molar refractivity (Wildman–Crippen MR) is 105 cm³/mol. The summed E-state index contributed by atoms with van der Waals surface area (Å²) in [6.07, 6.45) is 0.817. The van der Waals surface area contributed by atoms with Crippen molar-refractivity contribution in [3.05, 3.63) is 77.6 Å². The van der Waals surface area contributed by atoms with Crippen LogP contribution in [0, 0.1) is 6.92 Å². The molecular weight excluding hydrogens is 338 g/mol. The number of morpholine rings is 1. The molecule has 1 N–H and O–H groups in total. The first kappa shape index (κ1) is 17.5. The van der Waals surface area contributed by atoms with Crippen LogP contribution in [0.25, 0.3) is 11.4 Å². The Morgan fingerprint density at radius 2 is 1.85 bits per heavy atom. The van der Waals surface area contributed by atoms with Crippen LogP contribution in [0.4, 0.5) is 0 Å². The fourth-order valence-corrected chi connectivity index (χ4v) is 3.46. The summed E-state index contributed by atoms with van der Waals surface area (Å²) in [4.78, 5) is 22.7. The van der Waals surface area contributed by atoms with E-state index in [1.807, 2.05) is 60.4 Å². The van der Waals surface area contributed by atoms with Crippen molar-refractivity contribution in [1.82, 2.24) is 14.9 Å². The first-order chi connectivity index (χ1) is 13.2. The molecule has 138 valence electrons. The van der Waals surface area contributed by atoms with Gasteiger partial charge < -0.3 is 14.6 Å². The van der Waals surface area contributed by atoms with Crippen LogP contribution >= 0.6 is 0 Å². The maximum Gasteiger partial charge on any atom is 0.274 e. The SMILES string of the molecule is Cc1[nH]c(-c2ccccc2)nc1C(=O)N1CCO[C@H](Cc2ccccc2)C1. The molecule has 27 heavy (non-hydrogen) atoms. The molecule has 0 saturated carbocycles. The highest BCUT2D eigenvalue weighted by molar-refractivity contribution is 5.94. The number of nitrogens with zero attached hydrogens (tertiary/aromatic N) is 2. The number of hydrogen-bond acceptors (Lipinski definition) is 3. The van der Waals surface area contributed by atoms with Crippen molar-refractivity contribution < 1.29 is 9.53 Å². The molecular formula is C22H23N3O2. The lowest BCUT2D eigenvalue weighted by Gasteiger charge is -2.32. The molecule has 3 aromatic rings. The van der Waals surface area contributed by atoms with E-state index in [-0.39, 0.29) is 12.0 Å². The zero-order valence-corrected chi connectivity index (χ0v) is 15.4. The minimum Gasteiger partial charge on any atom is -0.374 e. The quantitative estimate of drug-likeness (QED) is 0.774. The Morgan fingerprint density at radius 3 is 2.59 bits per heavy atom. The molecule has 2 aromatic carbocycles. The number of ether oxygens (including phenoxy) is 1. The minimum atomic E-state index is -0.0349. The van der Waals surface area contributed by atoms with Crippen molar-refractivity contribution in [2.75, 3.05) is 19.7 Å². The Kier molecular flexibility index (Phi) is 5.03. The summed E-state index contributed by atoms with van der Waals surface area (Å²) in [6, 6.07) is 20.1. The highest BCUT2D eigenvalue weighted by atomic mass is 16.5. The van der Waals surface area contributed by atoms with E-state index in [1.165, 1.54) is 5.56 Å². The molecule has 1 aromatic heterocycles. The van der Waals surface area contributed by atoms with Gasteiger partial charge in [-0.2, -0.15) is 0 Å². The fraction of sp³-hybridized carbons (Fsp3) is 0.273. The molecule has 1 fully saturated rings. The Labute approximate surface area is 159 Å². The number of aryl methyl sites for hydroxylation is 1. The Morgan fingerprint density at radius 1 is 1.15 bits per heavy atom. The van der Waals surface area contributed by atoms with Gasteiger partial charge in [-0.3, -0.25) is 4.79 Å². The molecule has 2 heterocycles. The maximum absolute atomic E-state index is 13.1. The van der Waals surface area contributed by atoms with E-state index in [9.17, 15) is 4.79 Å². The second-order valence-corrected chi connectivity index (χ2v) is 6.86. The van der Waals surface area contributed by atoms with Gasteiger partial charge in [-0.1, -0.05) is 60.7 Å². The molecule has 1 amide bonds. The van der Waals surface area contributed by atoms with Crippen LogP contribution in [-0.4, -0.2) is 46.6 Å². The van der Waals surface area contributed by atoms with Crippen molar-refractivity contribution in [2.24, 2.45) is 0 Å². The van der Waals surface area contributed by atoms with Crippen LogP contribution in [0.1, 0.15) is 21.7 Å². The number of H-pyrrole nitrogens is 1. The van der Waals surface area contributed by atoms with E-state index in [2.05, 4.69) is 22.1 Å². The minimum absolute atomic E-state index is 0.0120. The fourth-order valence-electron chi connectivity index (χ4n) is 3.46. The van der Waals surface area contributed by atoms with Gasteiger partial charge in [0.05, 0.1) is 12.7 Å². The third kappa shape index (κ3) is 3.93. The van der Waals surface area contributed by atoms with Gasteiger partial charge in [-0.25, -0.2) is 4.98 Å². The molecule has 5 heteroatoms. The number of imidazole rings is 1. The van der Waals surface area contributed by atoms with Gasteiger partial charge in [0, 0.05) is 30.8 Å². The molecule has 0 aliphatic carbocycles. The molecule has 0 unspecified atom stereocenters. The van der Waals surface area contributed by atoms with Crippen LogP contribution in [0.2, 0.25) is 0 Å². The average Bonchev–Trinajstić information content (AvgIpc) is 3.11. The zero-order valence-electron chi connectivity index (χ0n) is 15.4. The lowest BCUT2D eigenvalue weighted by molar-refractivity contribution is -0.0210. The van der Waals surface area contributed by atoms with Gasteiger partial charge in [0.25, 0.3) is 5.91 Å². The number of rotatable bonds is 4. The summed E-state index contributed by atoms with van der Waals surface area (Å²) in [7, 11) is 0. The second-order valence-electron chi connectivity index (χ2n) is 6.86. The van der Waals surface area contributed by atoms with Crippen LogP contribution in [0.5, 0.6) is 0 Å². The normalized spacial score (nSPS) is 17.1. The Balaban J connectivity index is 1.48. The van der Waals surface area contributed by atoms with Crippen LogP contribution in [0.15, 0.2) is 60.7 Å². The van der Waals surface area contributed by atoms with Gasteiger partial charge in [-0.15, -0.1) is 0 Å². The third-order valence-electron chi connectivity index (χ3n) is 4.87. The molecule has 0 bridgehead atoms. The highest BCUT2D eigenvalue weighted by Gasteiger charge is 2.28. The summed E-state index contributed by atoms with van der Waals surface area (Å²) >= 11 is 0. The predicted octanol–water partition coefficient (Wildman–Crippen LogP) is 3.47. The molecule has 1 atom stereocenters. The molecule has 1 aliphatic heterocycles. The number of aromatic nitrogens is 2. The van der Waals surface area contributed by atoms with E-state index < -0.39 is 0 Å². The topological polar surface area (TPSA) is 58.2 Å². The monoisotopic (exact) mass is 361 g/mol. The van der Waals surface area contributed by atoms with Gasteiger partial charge >= 0.3 is 0 Å². The summed E-state index contributed by atoms with van der Waals surface area (Å²) < 4.78 is 5.88. The van der Waals surface area contributed by atoms with Gasteiger partial charge in [-0.05, 0) is 12.5 Å². The smallest absolute Gasteiger partial charge is 0.274 e. The number of aromatic amines is 1. The van der Waals surface area contributed by atoms with E-state index in [0.717, 1.165) is 23.5 Å². The van der Waals surface area contributed by atoms with Crippen LogP contribution < -0.4 is 0 Å². The second kappa shape index (κ2) is 7.76. The lowest BCUT2D eigenvalue weighted by atomic mass is 10.1. The van der Waals surface area contributed by atoms with E-state index in [1.54, 1.807) is 0 Å². The number of hydrogen-bond donors (Lipinski definition) is 1. The van der Waals surface area contributed by atoms with Crippen molar-refractivity contribution in [2.45, 2.75) is 19.4 Å². The standard InChI is InChI=1S/C22H23N3O2/c1-16-20(24-21(23-16)18-10-6-3-7-11-18)22(26)25-12-13-27-19(15-25)14-17-8-4-2-5-9-17/h2-11,19H,12-15H2,1H3,(H,23,24)/t19-/m1/s1. The van der Waals surface area contributed by atoms with Crippen LogP contribution in [-0.2, 0) is 11.2 Å². The summed E-state index contributed by atoms with van der Waals surface area (Å²) in [6.45, 7) is 3.63. The average molecular weight is 361 g/mol. The molecule has 4 rings (SSSR count). The van der Waals surface area contributed by atoms with E-state index in [4.69, 9.17) is 4.74 Å². The number of carbonyl (C=O) groups excluding carboxylic acids is 1. The Hall–Kier alpha value is -2.92. The lowest BCUT2D eigenvalue weighted by Crippen LogP contribution is -2.46. The molecule has 0 radical (unpaired) electrons. The van der Waals surface area contributed by atoms with Crippen molar-refractivity contribution in [1.29, 1.82) is 0 Å². The van der Waals surface area contributed by atoms with Crippen molar-refractivity contribution >= 4 is 5.91 Å². The number of amides is 1. The van der Waals surface area contributed by atoms with Gasteiger partial charge in [0.2, 0.25) is 0 Å². The highest BCUT2D eigenvalue weighted by Crippen LogP contribution is 2.20. The Bertz CT molecular complexity index is 906. The van der Waals surface area contributed by atoms with Crippen LogP contribution in [0.3, 0.4) is 0 Å². The molecule has 0 spiro atoms. The molecule has 5 nitrogen and oxygen atoms in total. The summed E-state index contributed by atoms with van der Waals surface area (Å²) in [5, 5.41) is 0. The van der Waals surface area contributed by atoms with Crippen molar-refractivity contribution in [3.63, 3.8) is 0 Å². The third-order valence-corrected chi connectivity index (χ3v) is 4.87. The first-order valence-electron chi connectivity index (χ1n) is 9.27. The van der Waals surface area contributed by atoms with E-state index in [0.29, 0.717) is 25.4 Å². The summed E-state index contributed by atoms with van der Waals surface area (Å²) in [5.41, 5.74) is 3.49. The number of carbonyl (C=O) groups is 1. The van der Waals surface area contributed by atoms with E-state index >= 15 is 0 Å². The number of benzene rings is 2. The van der Waals surface area contributed by atoms with Gasteiger partial charge in [0.1, 0.15) is 11.5 Å². The molecule has 1 saturated heterocycles.